The van der Waals surface area contributed by atoms with Crippen LogP contribution in [0.25, 0.3) is 0 Å². The minimum absolute atomic E-state index is 0.664. The lowest BCUT2D eigenvalue weighted by Gasteiger charge is -2.35. The van der Waals surface area contributed by atoms with Gasteiger partial charge in [-0.05, 0) is 0 Å². The van der Waals surface area contributed by atoms with Crippen molar-refractivity contribution < 1.29 is 0 Å². The molecule has 16 heavy (non-hydrogen) atoms. The maximum Gasteiger partial charge on any atom is 0.134 e. The monoisotopic (exact) mass is 238 g/mol. The van der Waals surface area contributed by atoms with Crippen LogP contribution in [-0.2, 0) is 0 Å². The highest BCUT2D eigenvalue weighted by Crippen LogP contribution is 2.27. The molecule has 0 spiro atoms. The van der Waals surface area contributed by atoms with Crippen LogP contribution in [-0.4, -0.2) is 40.6 Å². The van der Waals surface area contributed by atoms with Gasteiger partial charge in [-0.15, -0.1) is 0 Å². The highest BCUT2D eigenvalue weighted by Gasteiger charge is 2.23. The van der Waals surface area contributed by atoms with Crippen LogP contribution >= 0.6 is 11.8 Å². The average Bonchev–Trinajstić information content (AvgIpc) is 2.28. The average molecular weight is 238 g/mol. The number of hydrogen-bond donors (Lipinski definition) is 1. The first kappa shape index (κ1) is 11.5. The topological polar surface area (TPSA) is 41.0 Å². The van der Waals surface area contributed by atoms with Gasteiger partial charge < -0.3 is 10.2 Å². The molecule has 4 nitrogen and oxygen atoms in total. The van der Waals surface area contributed by atoms with Gasteiger partial charge in [0.05, 0.1) is 0 Å². The molecular weight excluding hydrogens is 220 g/mol. The summed E-state index contributed by atoms with van der Waals surface area (Å²) in [6, 6.07) is 2.01. The van der Waals surface area contributed by atoms with Crippen LogP contribution in [0.1, 0.15) is 13.8 Å². The largest absolute Gasteiger partial charge is 0.373 e. The Morgan fingerprint density at radius 2 is 2.00 bits per heavy atom. The Kier molecular flexibility index (Phi) is 3.53. The van der Waals surface area contributed by atoms with E-state index in [1.165, 1.54) is 0 Å². The molecule has 1 aliphatic heterocycles. The normalized spacial score (nSPS) is 25.6. The Bertz CT molecular complexity index is 348. The van der Waals surface area contributed by atoms with Gasteiger partial charge in [-0.25, -0.2) is 9.97 Å². The molecule has 2 unspecified atom stereocenters. The maximum atomic E-state index is 4.35. The van der Waals surface area contributed by atoms with E-state index in [4.69, 9.17) is 0 Å². The summed E-state index contributed by atoms with van der Waals surface area (Å²) in [6.07, 6.45) is 1.62. The number of aromatic nitrogens is 2. The van der Waals surface area contributed by atoms with Crippen molar-refractivity contribution in [3.05, 3.63) is 12.4 Å². The van der Waals surface area contributed by atoms with Crippen LogP contribution in [0.3, 0.4) is 0 Å². The first-order chi connectivity index (χ1) is 7.69. The van der Waals surface area contributed by atoms with E-state index in [9.17, 15) is 0 Å². The second-order valence-corrected chi connectivity index (χ2v) is 6.06. The van der Waals surface area contributed by atoms with E-state index in [0.717, 1.165) is 24.7 Å². The minimum atomic E-state index is 0.664. The van der Waals surface area contributed by atoms with Gasteiger partial charge in [-0.2, -0.15) is 11.8 Å². The smallest absolute Gasteiger partial charge is 0.134 e. The van der Waals surface area contributed by atoms with Gasteiger partial charge in [0, 0.05) is 36.7 Å². The molecule has 88 valence electrons. The van der Waals surface area contributed by atoms with Crippen molar-refractivity contribution in [1.82, 2.24) is 9.97 Å². The van der Waals surface area contributed by atoms with Gasteiger partial charge in [-0.1, -0.05) is 13.8 Å². The Hall–Kier alpha value is -0.970. The summed E-state index contributed by atoms with van der Waals surface area (Å²) in [6.45, 7) is 6.67. The highest BCUT2D eigenvalue weighted by atomic mass is 32.2. The van der Waals surface area contributed by atoms with Crippen LogP contribution < -0.4 is 10.2 Å². The summed E-state index contributed by atoms with van der Waals surface area (Å²) in [5, 5.41) is 4.37. The predicted octanol–water partition coefficient (Wildman–Crippen LogP) is 1.85. The first-order valence-corrected chi connectivity index (χ1v) is 6.53. The molecule has 2 rings (SSSR count). The van der Waals surface area contributed by atoms with Crippen molar-refractivity contribution in [2.24, 2.45) is 0 Å². The van der Waals surface area contributed by atoms with Crippen molar-refractivity contribution in [2.45, 2.75) is 24.3 Å². The summed E-state index contributed by atoms with van der Waals surface area (Å²) in [4.78, 5) is 10.8. The molecule has 2 heterocycles. The van der Waals surface area contributed by atoms with Gasteiger partial charge in [0.15, 0.2) is 0 Å². The Morgan fingerprint density at radius 1 is 1.31 bits per heavy atom. The number of nitrogens with one attached hydrogen (secondary N) is 1. The van der Waals surface area contributed by atoms with E-state index in [-0.39, 0.29) is 0 Å². The molecule has 1 aromatic heterocycles. The van der Waals surface area contributed by atoms with Gasteiger partial charge >= 0.3 is 0 Å². The molecule has 0 amide bonds. The Morgan fingerprint density at radius 3 is 2.62 bits per heavy atom. The molecule has 1 aliphatic rings. The summed E-state index contributed by atoms with van der Waals surface area (Å²) in [5.41, 5.74) is 0. The first-order valence-electron chi connectivity index (χ1n) is 5.59. The van der Waals surface area contributed by atoms with Gasteiger partial charge in [0.25, 0.3) is 0 Å². The van der Waals surface area contributed by atoms with E-state index < -0.39 is 0 Å². The van der Waals surface area contributed by atoms with E-state index >= 15 is 0 Å². The minimum Gasteiger partial charge on any atom is -0.373 e. The molecule has 1 saturated heterocycles. The van der Waals surface area contributed by atoms with Crippen molar-refractivity contribution in [3.8, 4) is 0 Å². The van der Waals surface area contributed by atoms with E-state index in [2.05, 4.69) is 34.0 Å². The molecule has 0 radical (unpaired) electrons. The summed E-state index contributed by atoms with van der Waals surface area (Å²) >= 11 is 2.05. The summed E-state index contributed by atoms with van der Waals surface area (Å²) in [5.74, 6) is 1.90. The Labute approximate surface area is 101 Å². The van der Waals surface area contributed by atoms with Crippen molar-refractivity contribution in [2.75, 3.05) is 30.4 Å². The van der Waals surface area contributed by atoms with E-state index in [1.54, 1.807) is 6.33 Å². The molecular formula is C11H18N4S. The maximum absolute atomic E-state index is 4.35. The number of nitrogens with zero attached hydrogens (tertiary/aromatic N) is 3. The van der Waals surface area contributed by atoms with Crippen LogP contribution in [0.5, 0.6) is 0 Å². The lowest BCUT2D eigenvalue weighted by molar-refractivity contribution is 0.717. The lowest BCUT2D eigenvalue weighted by atomic mass is 10.3. The second-order valence-electron chi connectivity index (χ2n) is 4.17. The molecule has 0 aliphatic carbocycles. The molecule has 5 heteroatoms. The second kappa shape index (κ2) is 4.91. The van der Waals surface area contributed by atoms with Crippen LogP contribution in [0.4, 0.5) is 11.6 Å². The molecule has 0 saturated carbocycles. The van der Waals surface area contributed by atoms with Crippen molar-refractivity contribution in [1.29, 1.82) is 0 Å². The van der Waals surface area contributed by atoms with Crippen molar-refractivity contribution in [3.63, 3.8) is 0 Å². The number of rotatable bonds is 2. The van der Waals surface area contributed by atoms with E-state index in [0.29, 0.717) is 10.5 Å². The summed E-state index contributed by atoms with van der Waals surface area (Å²) < 4.78 is 0. The number of thioether (sulfide) groups is 1. The highest BCUT2D eigenvalue weighted by molar-refractivity contribution is 8.00. The third-order valence-electron chi connectivity index (χ3n) is 2.65. The molecule has 1 fully saturated rings. The molecule has 0 aromatic carbocycles. The zero-order valence-corrected chi connectivity index (χ0v) is 10.8. The zero-order chi connectivity index (χ0) is 11.5. The third-order valence-corrected chi connectivity index (χ3v) is 3.88. The zero-order valence-electron chi connectivity index (χ0n) is 9.97. The van der Waals surface area contributed by atoms with Gasteiger partial charge in [-0.3, -0.25) is 0 Å². The number of hydrogen-bond acceptors (Lipinski definition) is 5. The van der Waals surface area contributed by atoms with Crippen LogP contribution in [0.2, 0.25) is 0 Å². The lowest BCUT2D eigenvalue weighted by Crippen LogP contribution is -2.40. The molecule has 1 N–H and O–H groups in total. The molecule has 1 aromatic rings. The summed E-state index contributed by atoms with van der Waals surface area (Å²) in [7, 11) is 1.88. The Balaban J connectivity index is 2.16. The van der Waals surface area contributed by atoms with Crippen molar-refractivity contribution >= 4 is 23.4 Å². The van der Waals surface area contributed by atoms with Crippen LogP contribution in [0, 0.1) is 0 Å². The number of anilines is 2. The van der Waals surface area contributed by atoms with Crippen LogP contribution in [0.15, 0.2) is 12.4 Å². The fourth-order valence-electron chi connectivity index (χ4n) is 2.02. The van der Waals surface area contributed by atoms with E-state index in [1.807, 2.05) is 24.9 Å². The van der Waals surface area contributed by atoms with Gasteiger partial charge in [0.1, 0.15) is 18.0 Å². The fourth-order valence-corrected chi connectivity index (χ4v) is 3.35. The predicted molar refractivity (Wildman–Crippen MR) is 70.3 cm³/mol. The third kappa shape index (κ3) is 2.58. The SMILES string of the molecule is CNc1cc(N2CC(C)SC(C)C2)ncn1. The fraction of sp³-hybridized carbons (Fsp3) is 0.636. The molecule has 0 bridgehead atoms. The standard InChI is InChI=1S/C11H18N4S/c1-8-5-15(6-9(2)16-8)11-4-10(12-3)13-7-14-11/h4,7-9H,5-6H2,1-3H3,(H,12,13,14). The quantitative estimate of drug-likeness (QED) is 0.851. The molecule has 2 atom stereocenters. The van der Waals surface area contributed by atoms with Gasteiger partial charge in [0.2, 0.25) is 0 Å².